The van der Waals surface area contributed by atoms with E-state index in [-0.39, 0.29) is 5.92 Å². The highest BCUT2D eigenvalue weighted by atomic mass is 32.1. The number of thiol groups is 1. The first-order valence-corrected chi connectivity index (χ1v) is 4.51. The van der Waals surface area contributed by atoms with Crippen molar-refractivity contribution in [3.8, 4) is 0 Å². The van der Waals surface area contributed by atoms with E-state index < -0.39 is 11.0 Å². The summed E-state index contributed by atoms with van der Waals surface area (Å²) in [5.74, 6) is 0.192. The van der Waals surface area contributed by atoms with Gasteiger partial charge < -0.3 is 5.11 Å². The molecule has 0 aromatic carbocycles. The van der Waals surface area contributed by atoms with Crippen LogP contribution in [0.25, 0.3) is 0 Å². The van der Waals surface area contributed by atoms with Gasteiger partial charge in [-0.3, -0.25) is 4.90 Å². The smallest absolute Gasteiger partial charge is 0.408 e. The number of carbonyl (C=O) groups is 1. The molecule has 72 valence electrons. The summed E-state index contributed by atoms with van der Waals surface area (Å²) in [6.45, 7) is 8.01. The Labute approximate surface area is 79.2 Å². The molecule has 12 heavy (non-hydrogen) atoms. The highest BCUT2D eigenvalue weighted by molar-refractivity contribution is 7.81. The van der Waals surface area contributed by atoms with E-state index in [1.54, 1.807) is 0 Å². The molecule has 0 aliphatic carbocycles. The molecule has 1 N–H and O–H groups in total. The summed E-state index contributed by atoms with van der Waals surface area (Å²) in [4.78, 5) is 11.5. The van der Waals surface area contributed by atoms with Crippen LogP contribution in [0.4, 0.5) is 4.79 Å². The Morgan fingerprint density at radius 3 is 2.17 bits per heavy atom. The number of amides is 1. The lowest BCUT2D eigenvalue weighted by Crippen LogP contribution is -2.48. The standard InChI is InChI=1S/C8H17NO2S/c1-5-9(7(10)11)8(4,12)6(2)3/h6,12H,5H2,1-4H3,(H,10,11). The molecule has 0 aromatic heterocycles. The van der Waals surface area contributed by atoms with Crippen molar-refractivity contribution < 1.29 is 9.90 Å². The Morgan fingerprint density at radius 2 is 2.08 bits per heavy atom. The fourth-order valence-electron chi connectivity index (χ4n) is 0.961. The summed E-state index contributed by atoms with van der Waals surface area (Å²) < 4.78 is 0. The third-order valence-corrected chi connectivity index (χ3v) is 2.95. The molecule has 0 spiro atoms. The first kappa shape index (κ1) is 11.6. The maximum atomic E-state index is 10.8. The zero-order valence-corrected chi connectivity index (χ0v) is 8.93. The molecule has 1 unspecified atom stereocenters. The minimum Gasteiger partial charge on any atom is -0.465 e. The topological polar surface area (TPSA) is 40.5 Å². The highest BCUT2D eigenvalue weighted by Crippen LogP contribution is 2.28. The average molecular weight is 191 g/mol. The van der Waals surface area contributed by atoms with Crippen molar-refractivity contribution in [2.45, 2.75) is 32.6 Å². The largest absolute Gasteiger partial charge is 0.465 e. The van der Waals surface area contributed by atoms with Crippen LogP contribution >= 0.6 is 12.6 Å². The van der Waals surface area contributed by atoms with Crippen molar-refractivity contribution in [2.24, 2.45) is 5.92 Å². The van der Waals surface area contributed by atoms with Gasteiger partial charge in [-0.25, -0.2) is 4.79 Å². The lowest BCUT2D eigenvalue weighted by molar-refractivity contribution is 0.107. The monoisotopic (exact) mass is 191 g/mol. The molecular formula is C8H17NO2S. The van der Waals surface area contributed by atoms with E-state index in [1.165, 1.54) is 4.90 Å². The van der Waals surface area contributed by atoms with Crippen LogP contribution in [-0.2, 0) is 0 Å². The van der Waals surface area contributed by atoms with Crippen LogP contribution in [0.15, 0.2) is 0 Å². The summed E-state index contributed by atoms with van der Waals surface area (Å²) in [5.41, 5.74) is 0. The van der Waals surface area contributed by atoms with Crippen LogP contribution in [0.3, 0.4) is 0 Å². The molecule has 0 saturated heterocycles. The van der Waals surface area contributed by atoms with Gasteiger partial charge in [-0.2, -0.15) is 12.6 Å². The lowest BCUT2D eigenvalue weighted by atomic mass is 10.0. The minimum atomic E-state index is -0.913. The molecule has 0 aliphatic rings. The zero-order valence-electron chi connectivity index (χ0n) is 8.03. The SMILES string of the molecule is CCN(C(=O)O)C(C)(S)C(C)C. The van der Waals surface area contributed by atoms with E-state index in [9.17, 15) is 4.79 Å². The fourth-order valence-corrected chi connectivity index (χ4v) is 1.19. The quantitative estimate of drug-likeness (QED) is 0.531. The molecule has 0 radical (unpaired) electrons. The third-order valence-electron chi connectivity index (χ3n) is 2.19. The van der Waals surface area contributed by atoms with E-state index in [1.807, 2.05) is 27.7 Å². The molecule has 0 bridgehead atoms. The van der Waals surface area contributed by atoms with Crippen molar-refractivity contribution >= 4 is 18.7 Å². The molecule has 3 nitrogen and oxygen atoms in total. The molecule has 0 aliphatic heterocycles. The number of hydrogen-bond donors (Lipinski definition) is 2. The Kier molecular flexibility index (Phi) is 3.90. The molecule has 0 fully saturated rings. The second kappa shape index (κ2) is 4.03. The zero-order chi connectivity index (χ0) is 9.94. The molecule has 4 heteroatoms. The van der Waals surface area contributed by atoms with E-state index in [2.05, 4.69) is 12.6 Å². The van der Waals surface area contributed by atoms with Gasteiger partial charge in [0.15, 0.2) is 0 Å². The van der Waals surface area contributed by atoms with Gasteiger partial charge in [0, 0.05) is 6.54 Å². The molecule has 1 amide bonds. The number of carboxylic acid groups (broad SMARTS) is 1. The second-order valence-corrected chi connectivity index (χ2v) is 4.18. The number of hydrogen-bond acceptors (Lipinski definition) is 2. The van der Waals surface area contributed by atoms with Crippen LogP contribution < -0.4 is 0 Å². The van der Waals surface area contributed by atoms with Crippen molar-refractivity contribution in [3.63, 3.8) is 0 Å². The van der Waals surface area contributed by atoms with Crippen molar-refractivity contribution in [2.75, 3.05) is 6.54 Å². The summed E-state index contributed by atoms with van der Waals surface area (Å²) in [6.07, 6.45) is -0.913. The van der Waals surface area contributed by atoms with Gasteiger partial charge in [0.05, 0.1) is 4.87 Å². The lowest BCUT2D eigenvalue weighted by Gasteiger charge is -2.38. The second-order valence-electron chi connectivity index (χ2n) is 3.28. The Balaban J connectivity index is 4.59. The molecule has 0 rings (SSSR count). The summed E-state index contributed by atoms with van der Waals surface area (Å²) in [7, 11) is 0. The number of nitrogens with zero attached hydrogens (tertiary/aromatic N) is 1. The van der Waals surface area contributed by atoms with E-state index in [0.717, 1.165) is 0 Å². The predicted octanol–water partition coefficient (Wildman–Crippen LogP) is 2.29. The average Bonchev–Trinajstić information content (AvgIpc) is 1.86. The predicted molar refractivity (Wildman–Crippen MR) is 52.6 cm³/mol. The normalized spacial score (nSPS) is 15.8. The van der Waals surface area contributed by atoms with E-state index in [4.69, 9.17) is 5.11 Å². The third kappa shape index (κ3) is 2.30. The van der Waals surface area contributed by atoms with Crippen molar-refractivity contribution in [1.29, 1.82) is 0 Å². The van der Waals surface area contributed by atoms with Crippen LogP contribution in [0.5, 0.6) is 0 Å². The maximum absolute atomic E-state index is 10.8. The first-order chi connectivity index (χ1) is 5.34. The maximum Gasteiger partial charge on any atom is 0.408 e. The van der Waals surface area contributed by atoms with Gasteiger partial charge >= 0.3 is 6.09 Å². The Morgan fingerprint density at radius 1 is 1.67 bits per heavy atom. The van der Waals surface area contributed by atoms with E-state index in [0.29, 0.717) is 6.54 Å². The summed E-state index contributed by atoms with van der Waals surface area (Å²) in [5, 5.41) is 8.83. The van der Waals surface area contributed by atoms with Crippen LogP contribution in [-0.4, -0.2) is 27.5 Å². The summed E-state index contributed by atoms with van der Waals surface area (Å²) in [6, 6.07) is 0. The Hall–Kier alpha value is -0.380. The highest BCUT2D eigenvalue weighted by Gasteiger charge is 2.33. The van der Waals surface area contributed by atoms with Crippen LogP contribution in [0.2, 0.25) is 0 Å². The van der Waals surface area contributed by atoms with Gasteiger partial charge in [0.25, 0.3) is 0 Å². The van der Waals surface area contributed by atoms with Crippen LogP contribution in [0, 0.1) is 5.92 Å². The summed E-state index contributed by atoms with van der Waals surface area (Å²) >= 11 is 4.34. The molecule has 0 heterocycles. The molecule has 0 saturated carbocycles. The van der Waals surface area contributed by atoms with Crippen molar-refractivity contribution in [3.05, 3.63) is 0 Å². The first-order valence-electron chi connectivity index (χ1n) is 4.07. The molecular weight excluding hydrogens is 174 g/mol. The van der Waals surface area contributed by atoms with Gasteiger partial charge in [-0.05, 0) is 19.8 Å². The minimum absolute atomic E-state index is 0.192. The van der Waals surface area contributed by atoms with E-state index >= 15 is 0 Å². The fraction of sp³-hybridized carbons (Fsp3) is 0.875. The number of rotatable bonds is 3. The van der Waals surface area contributed by atoms with Gasteiger partial charge in [0.1, 0.15) is 0 Å². The van der Waals surface area contributed by atoms with Gasteiger partial charge in [-0.15, -0.1) is 0 Å². The molecule has 0 aromatic rings. The van der Waals surface area contributed by atoms with Gasteiger partial charge in [0.2, 0.25) is 0 Å². The Bertz CT molecular complexity index is 168. The van der Waals surface area contributed by atoms with Gasteiger partial charge in [-0.1, -0.05) is 13.8 Å². The van der Waals surface area contributed by atoms with Crippen LogP contribution in [0.1, 0.15) is 27.7 Å². The molecule has 1 atom stereocenters. The van der Waals surface area contributed by atoms with Crippen molar-refractivity contribution in [1.82, 2.24) is 4.90 Å².